The topological polar surface area (TPSA) is 90.1 Å². The summed E-state index contributed by atoms with van der Waals surface area (Å²) in [6, 6.07) is 3.85. The SMILES string of the molecule is N=C(N)Nc1ccc(N2CCCNCC2)cn1. The highest BCUT2D eigenvalue weighted by molar-refractivity contribution is 5.88. The lowest BCUT2D eigenvalue weighted by molar-refractivity contribution is 0.724. The fourth-order valence-electron chi connectivity index (χ4n) is 1.89. The van der Waals surface area contributed by atoms with E-state index in [1.165, 1.54) is 0 Å². The fourth-order valence-corrected chi connectivity index (χ4v) is 1.89. The molecule has 0 bridgehead atoms. The van der Waals surface area contributed by atoms with Crippen LogP contribution in [-0.4, -0.2) is 37.1 Å². The summed E-state index contributed by atoms with van der Waals surface area (Å²) in [5.41, 5.74) is 6.35. The molecule has 2 rings (SSSR count). The van der Waals surface area contributed by atoms with Gasteiger partial charge in [-0.25, -0.2) is 4.98 Å². The minimum Gasteiger partial charge on any atom is -0.370 e. The largest absolute Gasteiger partial charge is 0.370 e. The molecule has 0 atom stereocenters. The minimum absolute atomic E-state index is 0.0933. The van der Waals surface area contributed by atoms with E-state index in [0.29, 0.717) is 5.82 Å². The zero-order valence-corrected chi connectivity index (χ0v) is 9.74. The van der Waals surface area contributed by atoms with Gasteiger partial charge in [-0.05, 0) is 25.1 Å². The third kappa shape index (κ3) is 3.32. The first-order valence-corrected chi connectivity index (χ1v) is 5.78. The van der Waals surface area contributed by atoms with E-state index in [1.807, 2.05) is 18.3 Å². The molecule has 1 aliphatic heterocycles. The van der Waals surface area contributed by atoms with Gasteiger partial charge in [0.2, 0.25) is 0 Å². The van der Waals surface area contributed by atoms with E-state index in [1.54, 1.807) is 0 Å². The van der Waals surface area contributed by atoms with Gasteiger partial charge in [0.25, 0.3) is 0 Å². The Hall–Kier alpha value is -1.82. The molecule has 0 unspecified atom stereocenters. The van der Waals surface area contributed by atoms with Crippen molar-refractivity contribution in [1.82, 2.24) is 10.3 Å². The van der Waals surface area contributed by atoms with Gasteiger partial charge in [0.1, 0.15) is 5.82 Å². The molecule has 0 spiro atoms. The molecular weight excluding hydrogens is 216 g/mol. The number of aromatic nitrogens is 1. The molecule has 1 saturated heterocycles. The van der Waals surface area contributed by atoms with Crippen molar-refractivity contribution in [2.45, 2.75) is 6.42 Å². The third-order valence-corrected chi connectivity index (χ3v) is 2.72. The predicted molar refractivity (Wildman–Crippen MR) is 69.5 cm³/mol. The maximum atomic E-state index is 7.12. The molecule has 0 radical (unpaired) electrons. The lowest BCUT2D eigenvalue weighted by atomic mass is 10.3. The van der Waals surface area contributed by atoms with Crippen LogP contribution in [0.5, 0.6) is 0 Å². The van der Waals surface area contributed by atoms with E-state index < -0.39 is 0 Å². The van der Waals surface area contributed by atoms with Crippen molar-refractivity contribution in [3.05, 3.63) is 18.3 Å². The van der Waals surface area contributed by atoms with Gasteiger partial charge < -0.3 is 21.3 Å². The molecule has 0 amide bonds. The third-order valence-electron chi connectivity index (χ3n) is 2.72. The zero-order chi connectivity index (χ0) is 12.1. The first-order valence-electron chi connectivity index (χ1n) is 5.78. The molecule has 0 aliphatic carbocycles. The van der Waals surface area contributed by atoms with Gasteiger partial charge in [0.05, 0.1) is 11.9 Å². The molecule has 0 aromatic carbocycles. The predicted octanol–water partition coefficient (Wildman–Crippen LogP) is 0.187. The maximum absolute atomic E-state index is 7.12. The lowest BCUT2D eigenvalue weighted by Crippen LogP contribution is -2.28. The van der Waals surface area contributed by atoms with Gasteiger partial charge in [-0.3, -0.25) is 5.41 Å². The molecule has 0 saturated carbocycles. The normalized spacial score (nSPS) is 16.4. The molecule has 1 aromatic heterocycles. The molecule has 1 aromatic rings. The van der Waals surface area contributed by atoms with Crippen molar-refractivity contribution in [1.29, 1.82) is 5.41 Å². The van der Waals surface area contributed by atoms with Crippen molar-refractivity contribution in [2.24, 2.45) is 5.73 Å². The standard InChI is InChI=1S/C11H18N6/c12-11(13)16-10-3-2-9(8-15-10)17-6-1-4-14-5-7-17/h2-3,8,14H,1,4-7H2,(H4,12,13,15,16). The van der Waals surface area contributed by atoms with Crippen LogP contribution >= 0.6 is 0 Å². The summed E-state index contributed by atoms with van der Waals surface area (Å²) < 4.78 is 0. The Morgan fingerprint density at radius 1 is 1.41 bits per heavy atom. The Balaban J connectivity index is 2.03. The summed E-state index contributed by atoms with van der Waals surface area (Å²) in [4.78, 5) is 6.54. The van der Waals surface area contributed by atoms with Crippen LogP contribution in [0.2, 0.25) is 0 Å². The Morgan fingerprint density at radius 2 is 2.29 bits per heavy atom. The minimum atomic E-state index is -0.0933. The van der Waals surface area contributed by atoms with Gasteiger partial charge in [-0.2, -0.15) is 0 Å². The van der Waals surface area contributed by atoms with Gasteiger partial charge >= 0.3 is 0 Å². The summed E-state index contributed by atoms with van der Waals surface area (Å²) in [6.07, 6.45) is 2.96. The van der Waals surface area contributed by atoms with Crippen molar-refractivity contribution < 1.29 is 0 Å². The van der Waals surface area contributed by atoms with Crippen LogP contribution in [0, 0.1) is 5.41 Å². The molecule has 5 N–H and O–H groups in total. The maximum Gasteiger partial charge on any atom is 0.191 e. The molecule has 1 fully saturated rings. The van der Waals surface area contributed by atoms with E-state index in [2.05, 4.69) is 20.5 Å². The van der Waals surface area contributed by atoms with E-state index in [-0.39, 0.29) is 5.96 Å². The average molecular weight is 234 g/mol. The second kappa shape index (κ2) is 5.49. The van der Waals surface area contributed by atoms with Crippen LogP contribution < -0.4 is 21.3 Å². The average Bonchev–Trinajstić information content (AvgIpc) is 2.58. The van der Waals surface area contributed by atoms with Crippen LogP contribution in [0.25, 0.3) is 0 Å². The number of rotatable bonds is 2. The lowest BCUT2D eigenvalue weighted by Gasteiger charge is -2.21. The first-order chi connectivity index (χ1) is 8.25. The van der Waals surface area contributed by atoms with Crippen LogP contribution in [0.15, 0.2) is 18.3 Å². The summed E-state index contributed by atoms with van der Waals surface area (Å²) in [7, 11) is 0. The summed E-state index contributed by atoms with van der Waals surface area (Å²) in [5, 5.41) is 13.1. The molecule has 92 valence electrons. The smallest absolute Gasteiger partial charge is 0.191 e. The van der Waals surface area contributed by atoms with Crippen molar-refractivity contribution in [2.75, 3.05) is 36.4 Å². The Labute approximate surface area is 101 Å². The summed E-state index contributed by atoms with van der Waals surface area (Å²) >= 11 is 0. The second-order valence-electron chi connectivity index (χ2n) is 4.03. The highest BCUT2D eigenvalue weighted by atomic mass is 15.2. The molecule has 2 heterocycles. The van der Waals surface area contributed by atoms with Gasteiger partial charge in [0.15, 0.2) is 5.96 Å². The number of hydrogen-bond acceptors (Lipinski definition) is 4. The zero-order valence-electron chi connectivity index (χ0n) is 9.74. The van der Waals surface area contributed by atoms with Gasteiger partial charge in [-0.15, -0.1) is 0 Å². The highest BCUT2D eigenvalue weighted by Gasteiger charge is 2.09. The van der Waals surface area contributed by atoms with Gasteiger partial charge in [-0.1, -0.05) is 0 Å². The number of nitrogens with one attached hydrogen (secondary N) is 3. The van der Waals surface area contributed by atoms with Crippen molar-refractivity contribution in [3.63, 3.8) is 0 Å². The highest BCUT2D eigenvalue weighted by Crippen LogP contribution is 2.15. The Bertz CT molecular complexity index is 366. The van der Waals surface area contributed by atoms with E-state index >= 15 is 0 Å². The number of anilines is 2. The fraction of sp³-hybridized carbons (Fsp3) is 0.455. The first kappa shape index (κ1) is 11.7. The van der Waals surface area contributed by atoms with Crippen molar-refractivity contribution >= 4 is 17.5 Å². The van der Waals surface area contributed by atoms with E-state index in [0.717, 1.165) is 38.3 Å². The summed E-state index contributed by atoms with van der Waals surface area (Å²) in [6.45, 7) is 4.14. The quantitative estimate of drug-likeness (QED) is 0.433. The van der Waals surface area contributed by atoms with Crippen molar-refractivity contribution in [3.8, 4) is 0 Å². The van der Waals surface area contributed by atoms with Crippen LogP contribution in [0.1, 0.15) is 6.42 Å². The Kier molecular flexibility index (Phi) is 3.77. The van der Waals surface area contributed by atoms with Crippen LogP contribution in [0.4, 0.5) is 11.5 Å². The van der Waals surface area contributed by atoms with E-state index in [9.17, 15) is 0 Å². The number of nitrogens with zero attached hydrogens (tertiary/aromatic N) is 2. The second-order valence-corrected chi connectivity index (χ2v) is 4.03. The molecular formula is C11H18N6. The van der Waals surface area contributed by atoms with Crippen LogP contribution in [0.3, 0.4) is 0 Å². The number of pyridine rings is 1. The number of guanidine groups is 1. The summed E-state index contributed by atoms with van der Waals surface area (Å²) in [5.74, 6) is 0.512. The monoisotopic (exact) mass is 234 g/mol. The van der Waals surface area contributed by atoms with E-state index in [4.69, 9.17) is 11.1 Å². The van der Waals surface area contributed by atoms with Gasteiger partial charge in [0, 0.05) is 19.6 Å². The number of hydrogen-bond donors (Lipinski definition) is 4. The molecule has 6 heteroatoms. The van der Waals surface area contributed by atoms with Crippen LogP contribution in [-0.2, 0) is 0 Å². The Morgan fingerprint density at radius 3 is 3.00 bits per heavy atom. The molecule has 17 heavy (non-hydrogen) atoms. The number of nitrogens with two attached hydrogens (primary N) is 1. The molecule has 6 nitrogen and oxygen atoms in total. The molecule has 1 aliphatic rings.